The quantitative estimate of drug-likeness (QED) is 0.437. The monoisotopic (exact) mass is 434 g/mol. The molecule has 5 rings (SSSR count). The number of nitrogens with one attached hydrogen (secondary N) is 1. The second kappa shape index (κ2) is 7.37. The van der Waals surface area contributed by atoms with Gasteiger partial charge in [0, 0.05) is 16.5 Å². The summed E-state index contributed by atoms with van der Waals surface area (Å²) in [5.74, 6) is 0.219. The predicted molar refractivity (Wildman–Crippen MR) is 115 cm³/mol. The molecule has 0 radical (unpaired) electrons. The fourth-order valence-corrected chi connectivity index (χ4v) is 3.67. The van der Waals surface area contributed by atoms with Crippen LogP contribution in [0.25, 0.3) is 33.5 Å². The van der Waals surface area contributed by atoms with Crippen molar-refractivity contribution in [2.45, 2.75) is 0 Å². The van der Waals surface area contributed by atoms with Gasteiger partial charge in [-0.15, -0.1) is 5.10 Å². The Kier molecular flexibility index (Phi) is 4.54. The first-order valence-corrected chi connectivity index (χ1v) is 9.70. The summed E-state index contributed by atoms with van der Waals surface area (Å²) < 4.78 is 1.36. The minimum atomic E-state index is -0.352. The summed E-state index contributed by atoms with van der Waals surface area (Å²) in [6.07, 6.45) is 0. The average molecular weight is 435 g/mol. The average Bonchev–Trinajstić information content (AvgIpc) is 3.44. The summed E-state index contributed by atoms with van der Waals surface area (Å²) in [6, 6.07) is 20.1. The fraction of sp³-hybridized carbons (Fsp3) is 0. The number of carbonyl (C=O) groups is 1. The van der Waals surface area contributed by atoms with Gasteiger partial charge in [-0.3, -0.25) is 4.79 Å². The van der Waals surface area contributed by atoms with Gasteiger partial charge in [0.15, 0.2) is 5.82 Å². The maximum absolute atomic E-state index is 13.2. The summed E-state index contributed by atoms with van der Waals surface area (Å²) in [7, 11) is 0. The van der Waals surface area contributed by atoms with Gasteiger partial charge in [0.2, 0.25) is 0 Å². The summed E-state index contributed by atoms with van der Waals surface area (Å²) in [5.41, 5.74) is 3.34. The maximum Gasteiger partial charge on any atom is 0.280 e. The second-order valence-corrected chi connectivity index (χ2v) is 7.30. The van der Waals surface area contributed by atoms with Crippen LogP contribution >= 0.6 is 23.2 Å². The zero-order valence-corrected chi connectivity index (χ0v) is 16.8. The van der Waals surface area contributed by atoms with Crippen LogP contribution in [0, 0.1) is 0 Å². The van der Waals surface area contributed by atoms with E-state index < -0.39 is 0 Å². The first-order chi connectivity index (χ1) is 14.6. The standard InChI is InChI=1S/C21H12Cl2N6O/c22-16-6-3-5-15(18(16)23)21(30)29-17-7-2-1-4-14(17)19(26-29)12-8-10-13(11-9-12)20-24-27-28-25-20/h1-11H,(H,24,25,27,28). The smallest absolute Gasteiger partial charge is 0.267 e. The predicted octanol–water partition coefficient (Wildman–Crippen LogP) is 4.88. The molecule has 5 aromatic rings. The molecule has 0 aliphatic carbocycles. The lowest BCUT2D eigenvalue weighted by molar-refractivity contribution is 0.0951. The van der Waals surface area contributed by atoms with E-state index in [4.69, 9.17) is 23.2 Å². The van der Waals surface area contributed by atoms with Crippen LogP contribution in [0.15, 0.2) is 66.7 Å². The van der Waals surface area contributed by atoms with Crippen LogP contribution in [0.3, 0.4) is 0 Å². The van der Waals surface area contributed by atoms with Gasteiger partial charge in [0.1, 0.15) is 5.69 Å². The van der Waals surface area contributed by atoms with Crippen molar-refractivity contribution in [2.24, 2.45) is 0 Å². The van der Waals surface area contributed by atoms with Crippen LogP contribution in [0.1, 0.15) is 10.4 Å². The summed E-state index contributed by atoms with van der Waals surface area (Å²) in [4.78, 5) is 13.2. The molecule has 2 aromatic heterocycles. The van der Waals surface area contributed by atoms with Gasteiger partial charge in [0.05, 0.1) is 21.1 Å². The highest BCUT2D eigenvalue weighted by Gasteiger charge is 2.20. The molecule has 0 spiro atoms. The highest BCUT2D eigenvalue weighted by molar-refractivity contribution is 6.44. The van der Waals surface area contributed by atoms with Crippen LogP contribution in [0.2, 0.25) is 10.0 Å². The van der Waals surface area contributed by atoms with Crippen LogP contribution in [-0.2, 0) is 0 Å². The van der Waals surface area contributed by atoms with Gasteiger partial charge >= 0.3 is 0 Å². The molecule has 0 aliphatic heterocycles. The normalized spacial score (nSPS) is 11.1. The van der Waals surface area contributed by atoms with Crippen LogP contribution < -0.4 is 0 Å². The minimum absolute atomic E-state index is 0.204. The lowest BCUT2D eigenvalue weighted by Gasteiger charge is -2.05. The number of carbonyl (C=O) groups excluding carboxylic acids is 1. The summed E-state index contributed by atoms with van der Waals surface area (Å²) in [6.45, 7) is 0. The van der Waals surface area contributed by atoms with Gasteiger partial charge < -0.3 is 0 Å². The van der Waals surface area contributed by atoms with E-state index in [-0.39, 0.29) is 16.5 Å². The number of para-hydroxylation sites is 1. The van der Waals surface area contributed by atoms with E-state index in [0.29, 0.717) is 22.1 Å². The lowest BCUT2D eigenvalue weighted by atomic mass is 10.1. The zero-order valence-electron chi connectivity index (χ0n) is 15.3. The van der Waals surface area contributed by atoms with Crippen LogP contribution in [0.5, 0.6) is 0 Å². The Labute approximate surface area is 180 Å². The molecule has 0 fully saturated rings. The lowest BCUT2D eigenvalue weighted by Crippen LogP contribution is -2.14. The van der Waals surface area contributed by atoms with Gasteiger partial charge in [-0.25, -0.2) is 5.10 Å². The molecule has 9 heteroatoms. The van der Waals surface area contributed by atoms with E-state index in [1.807, 2.05) is 48.5 Å². The topological polar surface area (TPSA) is 89.3 Å². The molecule has 0 amide bonds. The molecule has 146 valence electrons. The molecule has 3 aromatic carbocycles. The van der Waals surface area contributed by atoms with Crippen molar-refractivity contribution in [2.75, 3.05) is 0 Å². The Hall–Kier alpha value is -3.55. The van der Waals surface area contributed by atoms with E-state index in [9.17, 15) is 4.79 Å². The first kappa shape index (κ1) is 18.5. The van der Waals surface area contributed by atoms with Gasteiger partial charge in [0.25, 0.3) is 5.91 Å². The molecule has 0 aliphatic rings. The molecule has 7 nitrogen and oxygen atoms in total. The van der Waals surface area contributed by atoms with E-state index in [2.05, 4.69) is 25.7 Å². The summed E-state index contributed by atoms with van der Waals surface area (Å²) >= 11 is 12.4. The Morgan fingerprint density at radius 1 is 0.900 bits per heavy atom. The van der Waals surface area contributed by atoms with Gasteiger partial charge in [-0.1, -0.05) is 71.7 Å². The number of fused-ring (bicyclic) bond motifs is 1. The van der Waals surface area contributed by atoms with Crippen molar-refractivity contribution in [1.82, 2.24) is 30.4 Å². The van der Waals surface area contributed by atoms with Gasteiger partial charge in [-0.05, 0) is 28.6 Å². The van der Waals surface area contributed by atoms with E-state index in [0.717, 1.165) is 16.5 Å². The largest absolute Gasteiger partial charge is 0.280 e. The molecular formula is C21H12Cl2N6O. The Balaban J connectivity index is 1.63. The number of rotatable bonds is 3. The molecule has 0 unspecified atom stereocenters. The fourth-order valence-electron chi connectivity index (χ4n) is 3.28. The van der Waals surface area contributed by atoms with Crippen molar-refractivity contribution < 1.29 is 4.79 Å². The molecular weight excluding hydrogens is 423 g/mol. The van der Waals surface area contributed by atoms with Crippen molar-refractivity contribution in [1.29, 1.82) is 0 Å². The van der Waals surface area contributed by atoms with Crippen molar-refractivity contribution in [3.05, 3.63) is 82.3 Å². The van der Waals surface area contributed by atoms with Crippen molar-refractivity contribution in [3.8, 4) is 22.6 Å². The highest BCUT2D eigenvalue weighted by Crippen LogP contribution is 2.31. The number of H-pyrrole nitrogens is 1. The SMILES string of the molecule is O=C(c1cccc(Cl)c1Cl)n1nc(-c2ccc(-c3nnn[nH]3)cc2)c2ccccc21. The number of hydrogen-bond donors (Lipinski definition) is 1. The van der Waals surface area contributed by atoms with Gasteiger partial charge in [-0.2, -0.15) is 9.78 Å². The number of benzene rings is 3. The van der Waals surface area contributed by atoms with Crippen LogP contribution in [0.4, 0.5) is 0 Å². The molecule has 2 heterocycles. The van der Waals surface area contributed by atoms with Crippen LogP contribution in [-0.4, -0.2) is 36.3 Å². The number of tetrazole rings is 1. The zero-order chi connectivity index (χ0) is 20.7. The Bertz CT molecular complexity index is 1380. The number of halogens is 2. The number of aromatic nitrogens is 6. The second-order valence-electron chi connectivity index (χ2n) is 6.51. The number of nitrogens with zero attached hydrogens (tertiary/aromatic N) is 5. The molecule has 0 bridgehead atoms. The third-order valence-corrected chi connectivity index (χ3v) is 5.56. The molecule has 1 N–H and O–H groups in total. The number of aromatic amines is 1. The van der Waals surface area contributed by atoms with E-state index in [1.165, 1.54) is 4.68 Å². The third-order valence-electron chi connectivity index (χ3n) is 4.74. The Morgan fingerprint density at radius 3 is 2.43 bits per heavy atom. The maximum atomic E-state index is 13.2. The minimum Gasteiger partial charge on any atom is -0.267 e. The van der Waals surface area contributed by atoms with Crippen molar-refractivity contribution >= 4 is 40.0 Å². The van der Waals surface area contributed by atoms with Crippen molar-refractivity contribution in [3.63, 3.8) is 0 Å². The molecule has 0 saturated carbocycles. The third kappa shape index (κ3) is 3.04. The molecule has 30 heavy (non-hydrogen) atoms. The first-order valence-electron chi connectivity index (χ1n) is 8.94. The van der Waals surface area contributed by atoms with E-state index >= 15 is 0 Å². The molecule has 0 atom stereocenters. The molecule has 0 saturated heterocycles. The summed E-state index contributed by atoms with van der Waals surface area (Å²) in [5, 5.41) is 19.8. The Morgan fingerprint density at radius 2 is 1.67 bits per heavy atom. The highest BCUT2D eigenvalue weighted by atomic mass is 35.5. The van der Waals surface area contributed by atoms with E-state index in [1.54, 1.807) is 18.2 Å². The number of hydrogen-bond acceptors (Lipinski definition) is 5.